The number of hydrogen-bond donors (Lipinski definition) is 2. The van der Waals surface area contributed by atoms with Gasteiger partial charge in [-0.3, -0.25) is 0 Å². The molecule has 0 aromatic carbocycles. The van der Waals surface area contributed by atoms with Gasteiger partial charge in [0.1, 0.15) is 0 Å². The Labute approximate surface area is 130 Å². The zero-order valence-corrected chi connectivity index (χ0v) is 13.6. The number of aliphatic carboxylic acids is 2. The lowest BCUT2D eigenvalue weighted by Crippen LogP contribution is -2.11. The molecule has 0 aliphatic heterocycles. The third-order valence-corrected chi connectivity index (χ3v) is 2.98. The molecule has 0 spiro atoms. The molecule has 0 heterocycles. The van der Waals surface area contributed by atoms with Crippen LogP contribution in [0.1, 0.15) is 20.8 Å². The van der Waals surface area contributed by atoms with Crippen molar-refractivity contribution in [1.82, 2.24) is 0 Å². The van der Waals surface area contributed by atoms with Gasteiger partial charge in [-0.25, -0.2) is 14.4 Å². The SMILES string of the molecule is CCOC(=O)C(CBr)=C(C=C(C)C(=O)O)C=C(C)C(=O)O. The Morgan fingerprint density at radius 2 is 1.48 bits per heavy atom. The molecular weight excluding hydrogens is 344 g/mol. The third-order valence-electron chi connectivity index (χ3n) is 2.42. The largest absolute Gasteiger partial charge is 0.478 e. The second kappa shape index (κ2) is 9.12. The molecule has 0 aromatic heterocycles. The van der Waals surface area contributed by atoms with Gasteiger partial charge in [0.05, 0.1) is 12.2 Å². The summed E-state index contributed by atoms with van der Waals surface area (Å²) < 4.78 is 4.88. The molecule has 21 heavy (non-hydrogen) atoms. The summed E-state index contributed by atoms with van der Waals surface area (Å²) in [6, 6.07) is 0. The number of hydrogen-bond acceptors (Lipinski definition) is 4. The van der Waals surface area contributed by atoms with Gasteiger partial charge in [0, 0.05) is 16.5 Å². The van der Waals surface area contributed by atoms with Crippen molar-refractivity contribution in [1.29, 1.82) is 0 Å². The smallest absolute Gasteiger partial charge is 0.335 e. The minimum Gasteiger partial charge on any atom is -0.478 e. The highest BCUT2D eigenvalue weighted by Crippen LogP contribution is 2.17. The van der Waals surface area contributed by atoms with E-state index in [1.165, 1.54) is 26.0 Å². The zero-order valence-electron chi connectivity index (χ0n) is 12.0. The summed E-state index contributed by atoms with van der Waals surface area (Å²) in [7, 11) is 0. The average molecular weight is 361 g/mol. The molecule has 0 atom stereocenters. The quantitative estimate of drug-likeness (QED) is 0.312. The molecule has 0 saturated carbocycles. The van der Waals surface area contributed by atoms with E-state index >= 15 is 0 Å². The molecule has 116 valence electrons. The summed E-state index contributed by atoms with van der Waals surface area (Å²) in [6.07, 6.45) is 2.48. The maximum absolute atomic E-state index is 11.9. The molecular formula is C14H17BrO6. The van der Waals surface area contributed by atoms with Crippen LogP contribution in [-0.2, 0) is 19.1 Å². The Morgan fingerprint density at radius 3 is 1.76 bits per heavy atom. The van der Waals surface area contributed by atoms with Gasteiger partial charge >= 0.3 is 17.9 Å². The van der Waals surface area contributed by atoms with Crippen LogP contribution < -0.4 is 0 Å². The first-order valence-corrected chi connectivity index (χ1v) is 7.16. The summed E-state index contributed by atoms with van der Waals surface area (Å²) in [6.45, 7) is 4.50. The molecule has 0 fully saturated rings. The second-order valence-electron chi connectivity index (χ2n) is 4.05. The highest BCUT2D eigenvalue weighted by Gasteiger charge is 2.15. The lowest BCUT2D eigenvalue weighted by Gasteiger charge is -2.08. The van der Waals surface area contributed by atoms with Crippen LogP contribution in [0.2, 0.25) is 0 Å². The average Bonchev–Trinajstić information content (AvgIpc) is 2.39. The van der Waals surface area contributed by atoms with Crippen molar-refractivity contribution < 1.29 is 29.3 Å². The molecule has 0 amide bonds. The van der Waals surface area contributed by atoms with E-state index in [9.17, 15) is 14.4 Å². The van der Waals surface area contributed by atoms with Crippen molar-refractivity contribution in [2.75, 3.05) is 11.9 Å². The maximum atomic E-state index is 11.9. The first-order chi connectivity index (χ1) is 9.74. The molecule has 0 bridgehead atoms. The van der Waals surface area contributed by atoms with E-state index in [2.05, 4.69) is 15.9 Å². The van der Waals surface area contributed by atoms with Crippen molar-refractivity contribution in [2.45, 2.75) is 20.8 Å². The van der Waals surface area contributed by atoms with Gasteiger partial charge in [-0.15, -0.1) is 0 Å². The molecule has 0 aromatic rings. The molecule has 0 rings (SSSR count). The summed E-state index contributed by atoms with van der Waals surface area (Å²) in [5, 5.41) is 17.9. The highest BCUT2D eigenvalue weighted by atomic mass is 79.9. The maximum Gasteiger partial charge on any atom is 0.335 e. The van der Waals surface area contributed by atoms with Gasteiger partial charge in [0.25, 0.3) is 0 Å². The topological polar surface area (TPSA) is 101 Å². The predicted octanol–water partition coefficient (Wildman–Crippen LogP) is 2.30. The Kier molecular flexibility index (Phi) is 8.30. The van der Waals surface area contributed by atoms with Crippen LogP contribution in [-0.4, -0.2) is 40.1 Å². The number of esters is 1. The van der Waals surface area contributed by atoms with Crippen LogP contribution >= 0.6 is 15.9 Å². The van der Waals surface area contributed by atoms with Crippen LogP contribution in [0, 0.1) is 0 Å². The van der Waals surface area contributed by atoms with E-state index in [-0.39, 0.29) is 34.2 Å². The molecule has 0 unspecified atom stereocenters. The van der Waals surface area contributed by atoms with Crippen molar-refractivity contribution in [3.05, 3.63) is 34.4 Å². The number of carbonyl (C=O) groups excluding carboxylic acids is 1. The van der Waals surface area contributed by atoms with E-state index in [4.69, 9.17) is 14.9 Å². The van der Waals surface area contributed by atoms with E-state index in [0.29, 0.717) is 0 Å². The van der Waals surface area contributed by atoms with Crippen LogP contribution in [0.15, 0.2) is 34.4 Å². The van der Waals surface area contributed by atoms with Crippen molar-refractivity contribution in [3.8, 4) is 0 Å². The first kappa shape index (κ1) is 19.1. The fourth-order valence-electron chi connectivity index (χ4n) is 1.27. The number of halogens is 1. The molecule has 6 nitrogen and oxygen atoms in total. The van der Waals surface area contributed by atoms with E-state index in [1.807, 2.05) is 0 Å². The summed E-state index contributed by atoms with van der Waals surface area (Å²) in [4.78, 5) is 33.7. The predicted molar refractivity (Wildman–Crippen MR) is 80.2 cm³/mol. The number of carboxylic acids is 2. The molecule has 0 saturated heterocycles. The number of carbonyl (C=O) groups is 3. The Balaban J connectivity index is 6.05. The second-order valence-corrected chi connectivity index (χ2v) is 4.61. The first-order valence-electron chi connectivity index (χ1n) is 6.04. The Hall–Kier alpha value is -1.89. The van der Waals surface area contributed by atoms with Crippen molar-refractivity contribution >= 4 is 33.8 Å². The molecule has 7 heteroatoms. The summed E-state index contributed by atoms with van der Waals surface area (Å²) in [5.41, 5.74) is 0.285. The lowest BCUT2D eigenvalue weighted by molar-refractivity contribution is -0.138. The summed E-state index contributed by atoms with van der Waals surface area (Å²) in [5.74, 6) is -2.95. The normalized spacial score (nSPS) is 11.8. The molecule has 0 aliphatic carbocycles. The summed E-state index contributed by atoms with van der Waals surface area (Å²) >= 11 is 3.13. The standard InChI is InChI=1S/C14H17BrO6/c1-4-21-14(20)11(7-15)10(5-8(2)12(16)17)6-9(3)13(18)19/h5-6H,4,7H2,1-3H3,(H,16,17)(H,18,19). The fourth-order valence-corrected chi connectivity index (χ4v) is 1.83. The Morgan fingerprint density at radius 1 is 1.05 bits per heavy atom. The number of allylic oxidation sites excluding steroid dienone is 3. The Bertz CT molecular complexity index is 496. The number of rotatable bonds is 7. The van der Waals surface area contributed by atoms with E-state index < -0.39 is 17.9 Å². The number of alkyl halides is 1. The van der Waals surface area contributed by atoms with Gasteiger partial charge in [-0.1, -0.05) is 15.9 Å². The fraction of sp³-hybridized carbons (Fsp3) is 0.357. The molecule has 0 aliphatic rings. The van der Waals surface area contributed by atoms with E-state index in [1.54, 1.807) is 6.92 Å². The monoisotopic (exact) mass is 360 g/mol. The zero-order chi connectivity index (χ0) is 16.6. The minimum absolute atomic E-state index is 0.0258. The van der Waals surface area contributed by atoms with Crippen LogP contribution in [0.25, 0.3) is 0 Å². The number of ether oxygens (including phenoxy) is 1. The third kappa shape index (κ3) is 6.40. The van der Waals surface area contributed by atoms with Gasteiger partial charge < -0.3 is 14.9 Å². The minimum atomic E-state index is -1.16. The highest BCUT2D eigenvalue weighted by molar-refractivity contribution is 9.09. The lowest BCUT2D eigenvalue weighted by atomic mass is 10.0. The van der Waals surface area contributed by atoms with Gasteiger partial charge in [-0.2, -0.15) is 0 Å². The number of carboxylic acid groups (broad SMARTS) is 2. The van der Waals surface area contributed by atoms with Gasteiger partial charge in [0.2, 0.25) is 0 Å². The molecule has 2 N–H and O–H groups in total. The van der Waals surface area contributed by atoms with Gasteiger partial charge in [0.15, 0.2) is 0 Å². The van der Waals surface area contributed by atoms with E-state index in [0.717, 1.165) is 0 Å². The molecule has 0 radical (unpaired) electrons. The van der Waals surface area contributed by atoms with Gasteiger partial charge in [-0.05, 0) is 38.5 Å². The van der Waals surface area contributed by atoms with Crippen molar-refractivity contribution in [3.63, 3.8) is 0 Å². The van der Waals surface area contributed by atoms with Crippen LogP contribution in [0.3, 0.4) is 0 Å². The van der Waals surface area contributed by atoms with Crippen LogP contribution in [0.5, 0.6) is 0 Å². The van der Waals surface area contributed by atoms with Crippen molar-refractivity contribution in [2.24, 2.45) is 0 Å². The van der Waals surface area contributed by atoms with Crippen LogP contribution in [0.4, 0.5) is 0 Å².